The van der Waals surface area contributed by atoms with Gasteiger partial charge in [-0.2, -0.15) is 0 Å². The van der Waals surface area contributed by atoms with Gasteiger partial charge in [-0.25, -0.2) is 4.98 Å². The van der Waals surface area contributed by atoms with Gasteiger partial charge in [0.05, 0.1) is 6.54 Å². The lowest BCUT2D eigenvalue weighted by Gasteiger charge is -2.02. The number of aliphatic carboxylic acids is 1. The second-order valence-electron chi connectivity index (χ2n) is 4.05. The molecule has 0 radical (unpaired) electrons. The van der Waals surface area contributed by atoms with Crippen molar-refractivity contribution in [2.45, 2.75) is 19.8 Å². The molecule has 0 saturated heterocycles. The van der Waals surface area contributed by atoms with Crippen molar-refractivity contribution in [1.82, 2.24) is 25.8 Å². The average Bonchev–Trinajstić information content (AvgIpc) is 2.83. The van der Waals surface area contributed by atoms with E-state index in [0.29, 0.717) is 5.82 Å². The summed E-state index contributed by atoms with van der Waals surface area (Å²) < 4.78 is 0. The zero-order valence-electron chi connectivity index (χ0n) is 10.6. The number of amides is 2. The number of aromatic amines is 1. The van der Waals surface area contributed by atoms with Crippen molar-refractivity contribution in [3.8, 4) is 0 Å². The van der Waals surface area contributed by atoms with Crippen LogP contribution in [0.4, 0.5) is 0 Å². The topological polar surface area (TPSA) is 137 Å². The first kappa shape index (κ1) is 14.6. The zero-order chi connectivity index (χ0) is 14.4. The number of rotatable bonds is 6. The van der Waals surface area contributed by atoms with E-state index in [1.807, 2.05) is 13.8 Å². The number of carbonyl (C=O) groups excluding carboxylic acids is 2. The van der Waals surface area contributed by atoms with Crippen LogP contribution in [0.1, 0.15) is 36.2 Å². The predicted octanol–water partition coefficient (Wildman–Crippen LogP) is -1.14. The molecule has 0 saturated carbocycles. The number of carboxylic acid groups (broad SMARTS) is 1. The third kappa shape index (κ3) is 4.74. The predicted molar refractivity (Wildman–Crippen MR) is 63.5 cm³/mol. The Labute approximate surface area is 108 Å². The molecule has 9 nitrogen and oxygen atoms in total. The van der Waals surface area contributed by atoms with Crippen molar-refractivity contribution in [2.75, 3.05) is 13.1 Å². The number of carbonyl (C=O) groups is 3. The Balaban J connectivity index is 2.42. The molecular formula is C10H15N5O4. The summed E-state index contributed by atoms with van der Waals surface area (Å²) in [7, 11) is 0. The first-order valence-electron chi connectivity index (χ1n) is 5.59. The van der Waals surface area contributed by atoms with Crippen molar-refractivity contribution in [3.63, 3.8) is 0 Å². The van der Waals surface area contributed by atoms with Crippen molar-refractivity contribution in [3.05, 3.63) is 11.6 Å². The number of nitrogens with one attached hydrogen (secondary N) is 3. The highest BCUT2D eigenvalue weighted by atomic mass is 16.4. The summed E-state index contributed by atoms with van der Waals surface area (Å²) in [5.41, 5.74) is 0. The quantitative estimate of drug-likeness (QED) is 0.515. The Morgan fingerprint density at radius 3 is 2.47 bits per heavy atom. The van der Waals surface area contributed by atoms with Gasteiger partial charge in [0.1, 0.15) is 12.4 Å². The Kier molecular flexibility index (Phi) is 4.98. The Bertz CT molecular complexity index is 482. The fraction of sp³-hybridized carbons (Fsp3) is 0.500. The smallest absolute Gasteiger partial charge is 0.322 e. The van der Waals surface area contributed by atoms with Crippen molar-refractivity contribution < 1.29 is 19.5 Å². The largest absolute Gasteiger partial charge is 0.480 e. The van der Waals surface area contributed by atoms with Crippen LogP contribution < -0.4 is 10.6 Å². The van der Waals surface area contributed by atoms with Crippen LogP contribution in [0.25, 0.3) is 0 Å². The van der Waals surface area contributed by atoms with Crippen molar-refractivity contribution in [1.29, 1.82) is 0 Å². The van der Waals surface area contributed by atoms with Crippen LogP contribution in [0.15, 0.2) is 0 Å². The lowest BCUT2D eigenvalue weighted by Crippen LogP contribution is -2.39. The normalized spacial score (nSPS) is 10.3. The van der Waals surface area contributed by atoms with Gasteiger partial charge in [-0.1, -0.05) is 13.8 Å². The highest BCUT2D eigenvalue weighted by Gasteiger charge is 2.14. The van der Waals surface area contributed by atoms with Crippen LogP contribution in [-0.2, 0) is 9.59 Å². The third-order valence-corrected chi connectivity index (χ3v) is 2.10. The average molecular weight is 269 g/mol. The number of H-pyrrole nitrogens is 1. The molecule has 9 heteroatoms. The maximum absolute atomic E-state index is 11.6. The van der Waals surface area contributed by atoms with E-state index in [9.17, 15) is 14.4 Å². The molecule has 1 aromatic heterocycles. The SMILES string of the molecule is CC(C)c1nc(C(=O)NCC(=O)NCC(=O)O)n[nH]1. The first-order chi connectivity index (χ1) is 8.90. The molecule has 1 heterocycles. The number of carboxylic acids is 1. The Hall–Kier alpha value is -2.45. The van der Waals surface area contributed by atoms with Crippen LogP contribution in [0.3, 0.4) is 0 Å². The van der Waals surface area contributed by atoms with Crippen LogP contribution >= 0.6 is 0 Å². The summed E-state index contributed by atoms with van der Waals surface area (Å²) >= 11 is 0. The molecule has 0 aromatic carbocycles. The lowest BCUT2D eigenvalue weighted by molar-refractivity contribution is -0.137. The minimum atomic E-state index is -1.16. The standard InChI is InChI=1S/C10H15N5O4/c1-5(2)8-13-9(15-14-8)10(19)12-3-6(16)11-4-7(17)18/h5H,3-4H2,1-2H3,(H,11,16)(H,12,19)(H,17,18)(H,13,14,15). The molecular weight excluding hydrogens is 254 g/mol. The van der Waals surface area contributed by atoms with E-state index in [2.05, 4.69) is 25.8 Å². The van der Waals surface area contributed by atoms with Crippen LogP contribution in [0.5, 0.6) is 0 Å². The fourth-order valence-corrected chi connectivity index (χ4v) is 1.11. The molecule has 0 aliphatic rings. The second kappa shape index (κ2) is 6.47. The molecule has 0 atom stereocenters. The lowest BCUT2D eigenvalue weighted by atomic mass is 10.2. The van der Waals surface area contributed by atoms with E-state index in [-0.39, 0.29) is 18.3 Å². The summed E-state index contributed by atoms with van der Waals surface area (Å²) in [6.07, 6.45) is 0. The number of hydrogen-bond acceptors (Lipinski definition) is 5. The second-order valence-corrected chi connectivity index (χ2v) is 4.05. The summed E-state index contributed by atoms with van der Waals surface area (Å²) in [6.45, 7) is 2.95. The highest BCUT2D eigenvalue weighted by Crippen LogP contribution is 2.07. The molecule has 1 aromatic rings. The zero-order valence-corrected chi connectivity index (χ0v) is 10.6. The van der Waals surface area contributed by atoms with E-state index in [4.69, 9.17) is 5.11 Å². The first-order valence-corrected chi connectivity index (χ1v) is 5.59. The van der Waals surface area contributed by atoms with E-state index in [1.165, 1.54) is 0 Å². The van der Waals surface area contributed by atoms with Gasteiger partial charge in [0.25, 0.3) is 5.91 Å². The molecule has 2 amide bonds. The summed E-state index contributed by atoms with van der Waals surface area (Å²) in [5.74, 6) is -1.75. The molecule has 1 rings (SSSR count). The molecule has 0 fully saturated rings. The fourth-order valence-electron chi connectivity index (χ4n) is 1.11. The maximum atomic E-state index is 11.6. The summed E-state index contributed by atoms with van der Waals surface area (Å²) in [5, 5.41) is 19.1. The van der Waals surface area contributed by atoms with Crippen molar-refractivity contribution in [2.24, 2.45) is 0 Å². The summed E-state index contributed by atoms with van der Waals surface area (Å²) in [4.78, 5) is 36.9. The van der Waals surface area contributed by atoms with E-state index in [1.54, 1.807) is 0 Å². The van der Waals surface area contributed by atoms with E-state index >= 15 is 0 Å². The monoisotopic (exact) mass is 269 g/mol. The van der Waals surface area contributed by atoms with Crippen LogP contribution in [-0.4, -0.2) is 51.2 Å². The van der Waals surface area contributed by atoms with Gasteiger partial charge in [0.2, 0.25) is 11.7 Å². The molecule has 0 aliphatic carbocycles. The summed E-state index contributed by atoms with van der Waals surface area (Å²) in [6, 6.07) is 0. The van der Waals surface area contributed by atoms with Gasteiger partial charge in [-0.15, -0.1) is 5.10 Å². The van der Waals surface area contributed by atoms with Gasteiger partial charge in [0, 0.05) is 5.92 Å². The van der Waals surface area contributed by atoms with Gasteiger partial charge in [-0.3, -0.25) is 19.5 Å². The highest BCUT2D eigenvalue weighted by molar-refractivity contribution is 5.93. The van der Waals surface area contributed by atoms with Gasteiger partial charge in [0.15, 0.2) is 0 Å². The minimum Gasteiger partial charge on any atom is -0.480 e. The Morgan fingerprint density at radius 2 is 1.95 bits per heavy atom. The number of aromatic nitrogens is 3. The Morgan fingerprint density at radius 1 is 1.26 bits per heavy atom. The molecule has 19 heavy (non-hydrogen) atoms. The molecule has 0 spiro atoms. The molecule has 104 valence electrons. The van der Waals surface area contributed by atoms with Crippen molar-refractivity contribution >= 4 is 17.8 Å². The van der Waals surface area contributed by atoms with E-state index < -0.39 is 24.3 Å². The molecule has 0 unspecified atom stereocenters. The number of hydrogen-bond donors (Lipinski definition) is 4. The van der Waals surface area contributed by atoms with Crippen LogP contribution in [0, 0.1) is 0 Å². The molecule has 0 bridgehead atoms. The third-order valence-electron chi connectivity index (χ3n) is 2.10. The molecule has 0 aliphatic heterocycles. The number of nitrogens with zero attached hydrogens (tertiary/aromatic N) is 2. The van der Waals surface area contributed by atoms with Gasteiger partial charge >= 0.3 is 5.97 Å². The van der Waals surface area contributed by atoms with E-state index in [0.717, 1.165) is 0 Å². The molecule has 4 N–H and O–H groups in total. The van der Waals surface area contributed by atoms with Gasteiger partial charge < -0.3 is 15.7 Å². The van der Waals surface area contributed by atoms with Crippen LogP contribution in [0.2, 0.25) is 0 Å². The minimum absolute atomic E-state index is 0.0604. The van der Waals surface area contributed by atoms with Gasteiger partial charge in [-0.05, 0) is 0 Å². The maximum Gasteiger partial charge on any atom is 0.322 e.